The van der Waals surface area contributed by atoms with Crippen molar-refractivity contribution < 1.29 is 26.0 Å². The van der Waals surface area contributed by atoms with Gasteiger partial charge in [-0.25, -0.2) is 16.8 Å². The highest BCUT2D eigenvalue weighted by molar-refractivity contribution is 7.94. The van der Waals surface area contributed by atoms with Crippen LogP contribution in [0.4, 0.5) is 6.01 Å². The molecular formula is C14H16ClN3O6S2. The minimum Gasteiger partial charge on any atom is -0.408 e. The van der Waals surface area contributed by atoms with Gasteiger partial charge < -0.3 is 4.42 Å². The summed E-state index contributed by atoms with van der Waals surface area (Å²) in [5.74, 6) is -0.610. The molecule has 1 N–H and O–H groups in total. The molecule has 0 aliphatic carbocycles. The van der Waals surface area contributed by atoms with E-state index in [1.807, 2.05) is 0 Å². The van der Waals surface area contributed by atoms with Gasteiger partial charge in [0, 0.05) is 13.2 Å². The Bertz CT molecular complexity index is 1070. The number of carbonyl (C=O) groups is 1. The van der Waals surface area contributed by atoms with E-state index in [9.17, 15) is 21.6 Å². The van der Waals surface area contributed by atoms with E-state index in [0.717, 1.165) is 18.4 Å². The Morgan fingerprint density at radius 2 is 1.81 bits per heavy atom. The standard InChI is InChI=1S/C14H16ClN3O6S2/c1-7(2)26(22,23)12-10(25(4,20)21)6-5-9(11(12)15)13(19)16-14-18-17-8(3)24-14/h5-7H,1-4H3,(H,16,18,19). The van der Waals surface area contributed by atoms with Crippen molar-refractivity contribution in [2.24, 2.45) is 0 Å². The second-order valence-electron chi connectivity index (χ2n) is 5.70. The highest BCUT2D eigenvalue weighted by Crippen LogP contribution is 2.34. The van der Waals surface area contributed by atoms with Crippen molar-refractivity contribution in [3.8, 4) is 0 Å². The van der Waals surface area contributed by atoms with Gasteiger partial charge in [-0.05, 0) is 26.0 Å². The van der Waals surface area contributed by atoms with Gasteiger partial charge in [0.1, 0.15) is 4.90 Å². The molecule has 2 aromatic rings. The molecule has 142 valence electrons. The average Bonchev–Trinajstić information content (AvgIpc) is 2.90. The zero-order valence-electron chi connectivity index (χ0n) is 14.3. The molecule has 2 rings (SSSR count). The number of anilines is 1. The lowest BCUT2D eigenvalue weighted by Gasteiger charge is -2.16. The molecule has 12 heteroatoms. The molecule has 1 amide bonds. The van der Waals surface area contributed by atoms with E-state index in [2.05, 4.69) is 15.5 Å². The molecule has 9 nitrogen and oxygen atoms in total. The highest BCUT2D eigenvalue weighted by Gasteiger charge is 2.32. The van der Waals surface area contributed by atoms with Crippen LogP contribution in [0.15, 0.2) is 26.3 Å². The summed E-state index contributed by atoms with van der Waals surface area (Å²) in [6.07, 6.45) is 0.860. The fourth-order valence-electron chi connectivity index (χ4n) is 2.02. The number of hydrogen-bond donors (Lipinski definition) is 1. The Kier molecular flexibility index (Phi) is 5.45. The number of sulfone groups is 2. The van der Waals surface area contributed by atoms with Crippen LogP contribution in [-0.4, -0.2) is 44.4 Å². The number of halogens is 1. The molecule has 0 bridgehead atoms. The molecule has 0 aliphatic rings. The van der Waals surface area contributed by atoms with E-state index in [4.69, 9.17) is 16.0 Å². The van der Waals surface area contributed by atoms with Gasteiger partial charge in [0.25, 0.3) is 5.91 Å². The normalized spacial score (nSPS) is 12.4. The molecule has 0 radical (unpaired) electrons. The maximum Gasteiger partial charge on any atom is 0.322 e. The summed E-state index contributed by atoms with van der Waals surface area (Å²) >= 11 is 6.14. The first-order valence-corrected chi connectivity index (χ1v) is 11.0. The zero-order valence-corrected chi connectivity index (χ0v) is 16.7. The summed E-state index contributed by atoms with van der Waals surface area (Å²) in [5.41, 5.74) is -0.242. The number of aromatic nitrogens is 2. The van der Waals surface area contributed by atoms with E-state index in [1.54, 1.807) is 0 Å². The molecule has 0 saturated heterocycles. The maximum absolute atomic E-state index is 12.6. The van der Waals surface area contributed by atoms with E-state index in [0.29, 0.717) is 0 Å². The van der Waals surface area contributed by atoms with Gasteiger partial charge in [0.05, 0.1) is 20.7 Å². The first kappa shape index (κ1) is 20.3. The van der Waals surface area contributed by atoms with E-state index >= 15 is 0 Å². The molecule has 0 aliphatic heterocycles. The molecular weight excluding hydrogens is 406 g/mol. The minimum absolute atomic E-state index is 0.205. The van der Waals surface area contributed by atoms with Crippen LogP contribution in [0.3, 0.4) is 0 Å². The summed E-state index contributed by atoms with van der Waals surface area (Å²) in [6.45, 7) is 4.28. The number of nitrogens with one attached hydrogen (secondary N) is 1. The van der Waals surface area contributed by atoms with Crippen molar-refractivity contribution in [2.75, 3.05) is 11.6 Å². The van der Waals surface area contributed by atoms with Gasteiger partial charge in [-0.2, -0.15) is 0 Å². The first-order valence-electron chi connectivity index (χ1n) is 7.23. The molecule has 26 heavy (non-hydrogen) atoms. The lowest BCUT2D eigenvalue weighted by atomic mass is 10.2. The van der Waals surface area contributed by atoms with Crippen LogP contribution in [0.1, 0.15) is 30.1 Å². The van der Waals surface area contributed by atoms with Gasteiger partial charge in [-0.1, -0.05) is 16.7 Å². The summed E-state index contributed by atoms with van der Waals surface area (Å²) in [6, 6.07) is 1.95. The Balaban J connectivity index is 2.66. The Morgan fingerprint density at radius 1 is 1.19 bits per heavy atom. The fourth-order valence-corrected chi connectivity index (χ4v) is 5.38. The van der Waals surface area contributed by atoms with Gasteiger partial charge in [0.2, 0.25) is 5.89 Å². The lowest BCUT2D eigenvalue weighted by Crippen LogP contribution is -2.21. The monoisotopic (exact) mass is 421 g/mol. The zero-order chi connectivity index (χ0) is 19.9. The molecule has 1 heterocycles. The highest BCUT2D eigenvalue weighted by atomic mass is 35.5. The number of benzene rings is 1. The smallest absolute Gasteiger partial charge is 0.322 e. The summed E-state index contributed by atoms with van der Waals surface area (Å²) in [4.78, 5) is 11.3. The van der Waals surface area contributed by atoms with Gasteiger partial charge in [0.15, 0.2) is 19.7 Å². The molecule has 0 saturated carbocycles. The third-order valence-electron chi connectivity index (χ3n) is 3.36. The largest absolute Gasteiger partial charge is 0.408 e. The molecule has 0 fully saturated rings. The quantitative estimate of drug-likeness (QED) is 0.772. The van der Waals surface area contributed by atoms with Crippen molar-refractivity contribution >= 4 is 43.2 Å². The number of hydrogen-bond acceptors (Lipinski definition) is 8. The van der Waals surface area contributed by atoms with Crippen molar-refractivity contribution in [3.05, 3.63) is 28.6 Å². The van der Waals surface area contributed by atoms with Gasteiger partial charge in [-0.3, -0.25) is 10.1 Å². The van der Waals surface area contributed by atoms with Crippen LogP contribution in [0.2, 0.25) is 5.02 Å². The summed E-state index contributed by atoms with van der Waals surface area (Å²) in [7, 11) is -8.00. The number of nitrogens with zero attached hydrogens (tertiary/aromatic N) is 2. The molecule has 1 aromatic heterocycles. The number of aryl methyl sites for hydroxylation is 1. The molecule has 0 spiro atoms. The second kappa shape index (κ2) is 6.97. The SMILES string of the molecule is Cc1nnc(NC(=O)c2ccc(S(C)(=O)=O)c(S(=O)(=O)C(C)C)c2Cl)o1. The van der Waals surface area contributed by atoms with Crippen LogP contribution in [0.25, 0.3) is 0 Å². The Labute approximate surface area is 155 Å². The Hall–Kier alpha value is -1.98. The summed E-state index contributed by atoms with van der Waals surface area (Å²) < 4.78 is 54.3. The van der Waals surface area contributed by atoms with Crippen LogP contribution < -0.4 is 5.32 Å². The second-order valence-corrected chi connectivity index (χ2v) is 10.5. The van der Waals surface area contributed by atoms with Crippen molar-refractivity contribution in [2.45, 2.75) is 35.8 Å². The predicted octanol–water partition coefficient (Wildman–Crippen LogP) is 1.87. The lowest BCUT2D eigenvalue weighted by molar-refractivity contribution is 0.102. The Morgan fingerprint density at radius 3 is 2.27 bits per heavy atom. The minimum atomic E-state index is -4.09. The predicted molar refractivity (Wildman–Crippen MR) is 93.9 cm³/mol. The average molecular weight is 422 g/mol. The molecule has 1 aromatic carbocycles. The van der Waals surface area contributed by atoms with Crippen molar-refractivity contribution in [3.63, 3.8) is 0 Å². The maximum atomic E-state index is 12.6. The van der Waals surface area contributed by atoms with E-state index < -0.39 is 45.6 Å². The van der Waals surface area contributed by atoms with Gasteiger partial charge in [-0.15, -0.1) is 5.10 Å². The fraction of sp³-hybridized carbons (Fsp3) is 0.357. The van der Waals surface area contributed by atoms with Crippen LogP contribution in [0.5, 0.6) is 0 Å². The molecule has 0 atom stereocenters. The van der Waals surface area contributed by atoms with Gasteiger partial charge >= 0.3 is 6.01 Å². The number of carbonyl (C=O) groups excluding carboxylic acids is 1. The van der Waals surface area contributed by atoms with E-state index in [-0.39, 0.29) is 17.5 Å². The first-order chi connectivity index (χ1) is 11.9. The number of rotatable bonds is 5. The third kappa shape index (κ3) is 3.89. The van der Waals surface area contributed by atoms with Crippen LogP contribution >= 0.6 is 11.6 Å². The van der Waals surface area contributed by atoms with Crippen molar-refractivity contribution in [1.29, 1.82) is 0 Å². The van der Waals surface area contributed by atoms with Crippen molar-refractivity contribution in [1.82, 2.24) is 10.2 Å². The molecule has 0 unspecified atom stereocenters. The van der Waals surface area contributed by atoms with Crippen LogP contribution in [-0.2, 0) is 19.7 Å². The van der Waals surface area contributed by atoms with Crippen LogP contribution in [0, 0.1) is 6.92 Å². The number of amides is 1. The summed E-state index contributed by atoms with van der Waals surface area (Å²) in [5, 5.41) is 7.97. The topological polar surface area (TPSA) is 136 Å². The van der Waals surface area contributed by atoms with E-state index in [1.165, 1.54) is 20.8 Å². The third-order valence-corrected chi connectivity index (χ3v) is 7.36.